The number of amides is 1. The van der Waals surface area contributed by atoms with Gasteiger partial charge in [-0.1, -0.05) is 18.2 Å². The Balaban J connectivity index is 2.45. The Labute approximate surface area is 127 Å². The predicted molar refractivity (Wildman–Crippen MR) is 83.5 cm³/mol. The molecule has 1 amide bonds. The summed E-state index contributed by atoms with van der Waals surface area (Å²) >= 11 is 1.26. The van der Waals surface area contributed by atoms with Crippen LogP contribution in [0.5, 0.6) is 0 Å². The van der Waals surface area contributed by atoms with Crippen molar-refractivity contribution in [1.82, 2.24) is 4.90 Å². The fraction of sp³-hybridized carbons (Fsp3) is 0.333. The summed E-state index contributed by atoms with van der Waals surface area (Å²) in [7, 11) is 0. The highest BCUT2D eigenvalue weighted by molar-refractivity contribution is 7.21. The number of nitrogens with two attached hydrogens (primary N) is 1. The van der Waals surface area contributed by atoms with E-state index in [4.69, 9.17) is 5.73 Å². The van der Waals surface area contributed by atoms with E-state index in [1.54, 1.807) is 0 Å². The molecule has 21 heavy (non-hydrogen) atoms. The summed E-state index contributed by atoms with van der Waals surface area (Å²) in [5.74, 6) is -1.35. The number of carboxylic acids is 1. The molecule has 0 radical (unpaired) electrons. The molecule has 2 rings (SSSR count). The number of primary amides is 1. The molecule has 3 N–H and O–H groups in total. The monoisotopic (exact) mass is 306 g/mol. The van der Waals surface area contributed by atoms with Gasteiger partial charge >= 0.3 is 5.97 Å². The topological polar surface area (TPSA) is 83.6 Å². The number of aromatic carboxylic acids is 1. The van der Waals surface area contributed by atoms with E-state index in [2.05, 4.69) is 0 Å². The van der Waals surface area contributed by atoms with Crippen molar-refractivity contribution < 1.29 is 14.7 Å². The highest BCUT2D eigenvalue weighted by atomic mass is 32.1. The van der Waals surface area contributed by atoms with Crippen molar-refractivity contribution in [2.45, 2.75) is 26.4 Å². The van der Waals surface area contributed by atoms with Gasteiger partial charge in [-0.3, -0.25) is 9.69 Å². The van der Waals surface area contributed by atoms with Crippen LogP contribution in [0.3, 0.4) is 0 Å². The zero-order chi connectivity index (χ0) is 15.6. The summed E-state index contributed by atoms with van der Waals surface area (Å²) in [6, 6.07) is 7.69. The van der Waals surface area contributed by atoms with Crippen LogP contribution in [-0.4, -0.2) is 34.5 Å². The van der Waals surface area contributed by atoms with Crippen molar-refractivity contribution in [3.63, 3.8) is 0 Å². The number of carboxylic acid groups (broad SMARTS) is 1. The van der Waals surface area contributed by atoms with E-state index in [0.29, 0.717) is 11.4 Å². The van der Waals surface area contributed by atoms with E-state index in [1.165, 1.54) is 11.3 Å². The second-order valence-corrected chi connectivity index (χ2v) is 6.23. The molecular weight excluding hydrogens is 288 g/mol. The molecule has 0 bridgehead atoms. The van der Waals surface area contributed by atoms with Crippen molar-refractivity contribution in [2.24, 2.45) is 5.73 Å². The molecule has 1 aromatic heterocycles. The maximum Gasteiger partial charge on any atom is 0.346 e. The van der Waals surface area contributed by atoms with Crippen LogP contribution in [0, 0.1) is 0 Å². The van der Waals surface area contributed by atoms with Crippen molar-refractivity contribution >= 4 is 33.3 Å². The van der Waals surface area contributed by atoms with Gasteiger partial charge < -0.3 is 10.8 Å². The molecule has 5 nitrogen and oxygen atoms in total. The smallest absolute Gasteiger partial charge is 0.346 e. The van der Waals surface area contributed by atoms with Crippen molar-refractivity contribution in [3.05, 3.63) is 34.7 Å². The van der Waals surface area contributed by atoms with Crippen molar-refractivity contribution in [1.29, 1.82) is 0 Å². The Bertz CT molecular complexity index is 679. The third-order valence-corrected chi connectivity index (χ3v) is 4.54. The van der Waals surface area contributed by atoms with Crippen LogP contribution in [0.15, 0.2) is 24.3 Å². The molecule has 0 aliphatic heterocycles. The molecule has 0 spiro atoms. The lowest BCUT2D eigenvalue weighted by Crippen LogP contribution is -2.38. The summed E-state index contributed by atoms with van der Waals surface area (Å²) < 4.78 is 0.938. The Morgan fingerprint density at radius 2 is 2.00 bits per heavy atom. The number of rotatable bonds is 6. The van der Waals surface area contributed by atoms with Crippen molar-refractivity contribution in [3.8, 4) is 0 Å². The van der Waals surface area contributed by atoms with Gasteiger partial charge in [0.15, 0.2) is 0 Å². The number of benzene rings is 1. The second-order valence-electron chi connectivity index (χ2n) is 5.18. The highest BCUT2D eigenvalue weighted by Gasteiger charge is 2.21. The molecule has 2 aromatic rings. The predicted octanol–water partition coefficient (Wildman–Crippen LogP) is 2.30. The van der Waals surface area contributed by atoms with Gasteiger partial charge in [0.25, 0.3) is 0 Å². The van der Waals surface area contributed by atoms with Crippen LogP contribution in [0.4, 0.5) is 0 Å². The fourth-order valence-electron chi connectivity index (χ4n) is 2.25. The van der Waals surface area contributed by atoms with Crippen LogP contribution < -0.4 is 5.73 Å². The number of fused-ring (bicyclic) bond motifs is 1. The minimum atomic E-state index is -0.936. The van der Waals surface area contributed by atoms with Crippen molar-refractivity contribution in [2.75, 3.05) is 6.54 Å². The first-order valence-electron chi connectivity index (χ1n) is 6.66. The van der Waals surface area contributed by atoms with Gasteiger partial charge in [0.05, 0.1) is 6.54 Å². The molecule has 0 unspecified atom stereocenters. The zero-order valence-electron chi connectivity index (χ0n) is 12.0. The highest BCUT2D eigenvalue weighted by Crippen LogP contribution is 2.32. The summed E-state index contributed by atoms with van der Waals surface area (Å²) in [5.41, 5.74) is 6.02. The lowest BCUT2D eigenvalue weighted by atomic mass is 10.1. The second kappa shape index (κ2) is 6.24. The molecule has 112 valence electrons. The maximum absolute atomic E-state index is 11.5. The lowest BCUT2D eigenvalue weighted by molar-refractivity contribution is -0.119. The summed E-state index contributed by atoms with van der Waals surface area (Å²) in [6.45, 7) is 4.42. The number of hydrogen-bond acceptors (Lipinski definition) is 4. The van der Waals surface area contributed by atoms with Crippen LogP contribution in [0.1, 0.15) is 29.1 Å². The van der Waals surface area contributed by atoms with Crippen LogP contribution in [0.25, 0.3) is 10.1 Å². The first-order chi connectivity index (χ1) is 9.90. The number of hydrogen-bond donors (Lipinski definition) is 2. The minimum Gasteiger partial charge on any atom is -0.477 e. The van der Waals surface area contributed by atoms with Gasteiger partial charge in [0.2, 0.25) is 5.91 Å². The average molecular weight is 306 g/mol. The van der Waals surface area contributed by atoms with Crippen LogP contribution in [-0.2, 0) is 11.3 Å². The fourth-order valence-corrected chi connectivity index (χ4v) is 3.31. The summed E-state index contributed by atoms with van der Waals surface area (Å²) in [5, 5.41) is 10.3. The molecule has 1 aromatic carbocycles. The molecule has 1 heterocycles. The Morgan fingerprint density at radius 1 is 1.33 bits per heavy atom. The third kappa shape index (κ3) is 3.40. The molecule has 0 saturated carbocycles. The third-order valence-electron chi connectivity index (χ3n) is 3.34. The molecule has 0 atom stereocenters. The molecular formula is C15H18N2O3S. The lowest BCUT2D eigenvalue weighted by Gasteiger charge is -2.25. The molecule has 6 heteroatoms. The number of thiophene rings is 1. The van der Waals surface area contributed by atoms with Crippen LogP contribution in [0.2, 0.25) is 0 Å². The first-order valence-corrected chi connectivity index (χ1v) is 7.48. The minimum absolute atomic E-state index is 0.0952. The molecule has 0 aliphatic carbocycles. The van der Waals surface area contributed by atoms with Gasteiger partial charge in [-0.05, 0) is 30.9 Å². The van der Waals surface area contributed by atoms with E-state index >= 15 is 0 Å². The Kier molecular flexibility index (Phi) is 4.59. The van der Waals surface area contributed by atoms with Gasteiger partial charge in [-0.2, -0.15) is 0 Å². The SMILES string of the molecule is CC(C)N(CC(N)=O)Cc1c(C(=O)O)sc2ccccc12. The number of carbonyl (C=O) groups is 2. The summed E-state index contributed by atoms with van der Waals surface area (Å²) in [4.78, 5) is 24.9. The quantitative estimate of drug-likeness (QED) is 0.857. The molecule has 0 saturated heterocycles. The molecule has 0 fully saturated rings. The zero-order valence-corrected chi connectivity index (χ0v) is 12.8. The van der Waals surface area contributed by atoms with Gasteiger partial charge in [0, 0.05) is 17.3 Å². The van der Waals surface area contributed by atoms with Gasteiger partial charge in [0.1, 0.15) is 4.88 Å². The van der Waals surface area contributed by atoms with E-state index in [0.717, 1.165) is 15.6 Å². The van der Waals surface area contributed by atoms with Gasteiger partial charge in [-0.15, -0.1) is 11.3 Å². The van der Waals surface area contributed by atoms with Crippen LogP contribution >= 0.6 is 11.3 Å². The van der Waals surface area contributed by atoms with E-state index in [9.17, 15) is 14.7 Å². The van der Waals surface area contributed by atoms with E-state index in [-0.39, 0.29) is 12.6 Å². The largest absolute Gasteiger partial charge is 0.477 e. The normalized spacial score (nSPS) is 11.4. The number of nitrogens with zero attached hydrogens (tertiary/aromatic N) is 1. The number of carbonyl (C=O) groups excluding carboxylic acids is 1. The van der Waals surface area contributed by atoms with E-state index < -0.39 is 11.9 Å². The average Bonchev–Trinajstić information content (AvgIpc) is 2.76. The standard InChI is InChI=1S/C15H18N2O3S/c1-9(2)17(8-13(16)18)7-11-10-5-3-4-6-12(10)21-14(11)15(19)20/h3-6,9H,7-8H2,1-2H3,(H2,16,18)(H,19,20). The molecule has 0 aliphatic rings. The first kappa shape index (κ1) is 15.5. The van der Waals surface area contributed by atoms with E-state index in [1.807, 2.05) is 43.0 Å². The maximum atomic E-state index is 11.5. The van der Waals surface area contributed by atoms with Gasteiger partial charge in [-0.25, -0.2) is 4.79 Å². The summed E-state index contributed by atoms with van der Waals surface area (Å²) in [6.07, 6.45) is 0. The Morgan fingerprint density at radius 3 is 2.57 bits per heavy atom. The Hall–Kier alpha value is -1.92.